The van der Waals surface area contributed by atoms with E-state index in [1.165, 1.54) is 25.7 Å². The first-order valence-electron chi connectivity index (χ1n) is 8.72. The Balaban J connectivity index is 1.77. The van der Waals surface area contributed by atoms with Crippen molar-refractivity contribution in [2.45, 2.75) is 70.6 Å². The zero-order chi connectivity index (χ0) is 16.4. The van der Waals surface area contributed by atoms with E-state index in [1.54, 1.807) is 0 Å². The Kier molecular flexibility index (Phi) is 5.51. The van der Waals surface area contributed by atoms with Crippen LogP contribution < -0.4 is 11.1 Å². The summed E-state index contributed by atoms with van der Waals surface area (Å²) in [4.78, 5) is 14.9. The lowest BCUT2D eigenvalue weighted by atomic mass is 9.54. The van der Waals surface area contributed by atoms with Crippen LogP contribution in [-0.4, -0.2) is 55.2 Å². The molecule has 128 valence electrons. The molecule has 0 aromatic carbocycles. The first-order valence-corrected chi connectivity index (χ1v) is 8.72. The molecule has 2 aliphatic rings. The van der Waals surface area contributed by atoms with Gasteiger partial charge in [0.1, 0.15) is 5.54 Å². The third kappa shape index (κ3) is 3.17. The third-order valence-corrected chi connectivity index (χ3v) is 5.93. The molecule has 0 bridgehead atoms. The number of rotatable bonds is 7. The molecule has 0 aliphatic heterocycles. The Hall–Kier alpha value is -0.650. The third-order valence-electron chi connectivity index (χ3n) is 5.93. The zero-order valence-corrected chi connectivity index (χ0v) is 14.7. The van der Waals surface area contributed by atoms with Crippen molar-refractivity contribution in [1.82, 2.24) is 10.2 Å². The van der Waals surface area contributed by atoms with Crippen molar-refractivity contribution in [3.63, 3.8) is 0 Å². The summed E-state index contributed by atoms with van der Waals surface area (Å²) in [5, 5.41) is 3.04. The maximum absolute atomic E-state index is 12.5. The number of hydrogen-bond donors (Lipinski definition) is 2. The lowest BCUT2D eigenvalue weighted by molar-refractivity contribution is -0.170. The van der Waals surface area contributed by atoms with E-state index in [-0.39, 0.29) is 17.4 Å². The average Bonchev–Trinajstić information content (AvgIpc) is 3.00. The second-order valence-corrected chi connectivity index (χ2v) is 7.52. The lowest BCUT2D eigenvalue weighted by Gasteiger charge is -2.57. The van der Waals surface area contributed by atoms with E-state index in [0.717, 1.165) is 6.54 Å². The monoisotopic (exact) mass is 311 g/mol. The number of amides is 1. The van der Waals surface area contributed by atoms with E-state index < -0.39 is 5.54 Å². The highest BCUT2D eigenvalue weighted by Gasteiger charge is 2.62. The number of likely N-dealkylation sites (N-methyl/N-ethyl adjacent to an activating group) is 1. The number of hydrogen-bond acceptors (Lipinski definition) is 4. The van der Waals surface area contributed by atoms with Gasteiger partial charge in [-0.25, -0.2) is 0 Å². The summed E-state index contributed by atoms with van der Waals surface area (Å²) >= 11 is 0. The standard InChI is InChI=1S/C17H33N3O2/c1-5-22-14-12-17(18,16(14,2)3)15(21)19-10-11-20(4)13-8-6-7-9-13/h13-14H,5-12,18H2,1-4H3,(H,19,21). The Morgan fingerprint density at radius 2 is 2.00 bits per heavy atom. The van der Waals surface area contributed by atoms with E-state index in [1.807, 2.05) is 20.8 Å². The largest absolute Gasteiger partial charge is 0.378 e. The van der Waals surface area contributed by atoms with Gasteiger partial charge in [-0.2, -0.15) is 0 Å². The van der Waals surface area contributed by atoms with Crippen LogP contribution in [0.1, 0.15) is 52.9 Å². The smallest absolute Gasteiger partial charge is 0.240 e. The van der Waals surface area contributed by atoms with Crippen LogP contribution in [0.2, 0.25) is 0 Å². The van der Waals surface area contributed by atoms with Gasteiger partial charge in [0.15, 0.2) is 0 Å². The fourth-order valence-electron chi connectivity index (χ4n) is 3.85. The molecule has 5 heteroatoms. The second-order valence-electron chi connectivity index (χ2n) is 7.52. The Labute approximate surface area is 134 Å². The summed E-state index contributed by atoms with van der Waals surface area (Å²) in [5.41, 5.74) is 5.26. The predicted octanol–water partition coefficient (Wildman–Crippen LogP) is 1.51. The van der Waals surface area contributed by atoms with Gasteiger partial charge in [-0.15, -0.1) is 0 Å². The molecule has 2 atom stereocenters. The summed E-state index contributed by atoms with van der Waals surface area (Å²) in [6, 6.07) is 0.686. The fourth-order valence-corrected chi connectivity index (χ4v) is 3.85. The number of nitrogens with one attached hydrogen (secondary N) is 1. The van der Waals surface area contributed by atoms with Gasteiger partial charge >= 0.3 is 0 Å². The molecule has 2 saturated carbocycles. The quantitative estimate of drug-likeness (QED) is 0.748. The highest BCUT2D eigenvalue weighted by Crippen LogP contribution is 2.49. The van der Waals surface area contributed by atoms with E-state index in [9.17, 15) is 4.79 Å². The van der Waals surface area contributed by atoms with Crippen LogP contribution in [-0.2, 0) is 9.53 Å². The minimum Gasteiger partial charge on any atom is -0.378 e. The summed E-state index contributed by atoms with van der Waals surface area (Å²) in [6.45, 7) is 8.26. The number of ether oxygens (including phenoxy) is 1. The maximum Gasteiger partial charge on any atom is 0.240 e. The Morgan fingerprint density at radius 1 is 1.36 bits per heavy atom. The molecule has 22 heavy (non-hydrogen) atoms. The van der Waals surface area contributed by atoms with Crippen molar-refractivity contribution in [2.75, 3.05) is 26.7 Å². The molecule has 0 heterocycles. The molecule has 2 aliphatic carbocycles. The van der Waals surface area contributed by atoms with Crippen molar-refractivity contribution < 1.29 is 9.53 Å². The maximum atomic E-state index is 12.5. The minimum atomic E-state index is -0.807. The molecule has 2 unspecified atom stereocenters. The van der Waals surface area contributed by atoms with Gasteiger partial charge < -0.3 is 20.7 Å². The normalized spacial score (nSPS) is 31.3. The molecule has 1 amide bonds. The summed E-state index contributed by atoms with van der Waals surface area (Å²) in [7, 11) is 2.15. The molecule has 2 fully saturated rings. The van der Waals surface area contributed by atoms with Gasteiger partial charge in [0, 0.05) is 37.6 Å². The van der Waals surface area contributed by atoms with Crippen molar-refractivity contribution in [2.24, 2.45) is 11.1 Å². The Bertz CT molecular complexity index is 393. The SMILES string of the molecule is CCOC1CC(N)(C(=O)NCCN(C)C2CCCC2)C1(C)C. The first-order chi connectivity index (χ1) is 10.3. The van der Waals surface area contributed by atoms with Crippen LogP contribution in [0.5, 0.6) is 0 Å². The van der Waals surface area contributed by atoms with Crippen LogP contribution in [0.25, 0.3) is 0 Å². The van der Waals surface area contributed by atoms with Gasteiger partial charge in [0.05, 0.1) is 6.10 Å². The molecule has 0 radical (unpaired) electrons. The van der Waals surface area contributed by atoms with Gasteiger partial charge in [-0.1, -0.05) is 26.7 Å². The topological polar surface area (TPSA) is 67.6 Å². The second kappa shape index (κ2) is 6.85. The van der Waals surface area contributed by atoms with E-state index in [0.29, 0.717) is 25.6 Å². The van der Waals surface area contributed by atoms with E-state index >= 15 is 0 Å². The van der Waals surface area contributed by atoms with Gasteiger partial charge in [-0.05, 0) is 26.8 Å². The molecule has 5 nitrogen and oxygen atoms in total. The zero-order valence-electron chi connectivity index (χ0n) is 14.7. The van der Waals surface area contributed by atoms with Crippen molar-refractivity contribution in [3.8, 4) is 0 Å². The van der Waals surface area contributed by atoms with Gasteiger partial charge in [0.25, 0.3) is 0 Å². The number of nitrogens with two attached hydrogens (primary N) is 1. The molecule has 2 rings (SSSR count). The molecule has 0 spiro atoms. The van der Waals surface area contributed by atoms with Crippen molar-refractivity contribution >= 4 is 5.91 Å². The molecular weight excluding hydrogens is 278 g/mol. The summed E-state index contributed by atoms with van der Waals surface area (Å²) in [5.74, 6) is -0.0340. The van der Waals surface area contributed by atoms with E-state index in [4.69, 9.17) is 10.5 Å². The molecule has 0 aromatic heterocycles. The highest BCUT2D eigenvalue weighted by atomic mass is 16.5. The predicted molar refractivity (Wildman–Crippen MR) is 88.6 cm³/mol. The van der Waals surface area contributed by atoms with Gasteiger partial charge in [0.2, 0.25) is 5.91 Å². The minimum absolute atomic E-state index is 0.0340. The first kappa shape index (κ1) is 17.7. The highest BCUT2D eigenvalue weighted by molar-refractivity contribution is 5.88. The number of nitrogens with zero attached hydrogens (tertiary/aromatic N) is 1. The van der Waals surface area contributed by atoms with Crippen LogP contribution in [0.3, 0.4) is 0 Å². The number of carbonyl (C=O) groups is 1. The van der Waals surface area contributed by atoms with Crippen molar-refractivity contribution in [3.05, 3.63) is 0 Å². The van der Waals surface area contributed by atoms with Crippen LogP contribution in [0.4, 0.5) is 0 Å². The summed E-state index contributed by atoms with van der Waals surface area (Å²) < 4.78 is 5.68. The molecule has 0 aromatic rings. The lowest BCUT2D eigenvalue weighted by Crippen LogP contribution is -2.75. The van der Waals surface area contributed by atoms with Crippen LogP contribution >= 0.6 is 0 Å². The average molecular weight is 311 g/mol. The van der Waals surface area contributed by atoms with Gasteiger partial charge in [-0.3, -0.25) is 4.79 Å². The molecular formula is C17H33N3O2. The van der Waals surface area contributed by atoms with Crippen molar-refractivity contribution in [1.29, 1.82) is 0 Å². The van der Waals surface area contributed by atoms with E-state index in [2.05, 4.69) is 17.3 Å². The molecule has 0 saturated heterocycles. The molecule has 3 N–H and O–H groups in total. The summed E-state index contributed by atoms with van der Waals surface area (Å²) in [6.07, 6.45) is 5.93. The van der Waals surface area contributed by atoms with Crippen LogP contribution in [0.15, 0.2) is 0 Å². The fraction of sp³-hybridized carbons (Fsp3) is 0.941. The Morgan fingerprint density at radius 3 is 2.55 bits per heavy atom. The van der Waals surface area contributed by atoms with Crippen LogP contribution in [0, 0.1) is 5.41 Å². The number of carbonyl (C=O) groups excluding carboxylic acids is 1.